The van der Waals surface area contributed by atoms with Gasteiger partial charge in [0.05, 0.1) is 42.2 Å². The van der Waals surface area contributed by atoms with Crippen LogP contribution in [0.4, 0.5) is 0 Å². The summed E-state index contributed by atoms with van der Waals surface area (Å²) < 4.78 is 12.3. The van der Waals surface area contributed by atoms with Crippen molar-refractivity contribution in [2.75, 3.05) is 27.9 Å². The largest absolute Gasteiger partial charge is 0.383 e. The van der Waals surface area contributed by atoms with Gasteiger partial charge in [-0.3, -0.25) is 4.68 Å². The molecule has 2 atom stereocenters. The van der Waals surface area contributed by atoms with E-state index in [0.717, 1.165) is 18.5 Å². The van der Waals surface area contributed by atoms with E-state index in [1.165, 1.54) is 0 Å². The fourth-order valence-corrected chi connectivity index (χ4v) is 2.28. The Labute approximate surface area is 120 Å². The molecule has 0 bridgehead atoms. The molecule has 5 nitrogen and oxygen atoms in total. The van der Waals surface area contributed by atoms with Gasteiger partial charge in [-0.25, -0.2) is 0 Å². The molecule has 1 aromatic rings. The third kappa shape index (κ3) is 4.76. The van der Waals surface area contributed by atoms with Crippen LogP contribution >= 0.6 is 11.6 Å². The maximum absolute atomic E-state index is 6.25. The average molecular weight is 290 g/mol. The van der Waals surface area contributed by atoms with Crippen LogP contribution in [0.2, 0.25) is 5.02 Å². The smallest absolute Gasteiger partial charge is 0.0834 e. The molecule has 0 fully saturated rings. The van der Waals surface area contributed by atoms with Gasteiger partial charge >= 0.3 is 0 Å². The van der Waals surface area contributed by atoms with E-state index in [0.29, 0.717) is 18.2 Å². The molecule has 0 aliphatic rings. The van der Waals surface area contributed by atoms with Gasteiger partial charge in [-0.2, -0.15) is 5.10 Å². The van der Waals surface area contributed by atoms with E-state index < -0.39 is 0 Å². The summed E-state index contributed by atoms with van der Waals surface area (Å²) in [5, 5.41) is 8.30. The van der Waals surface area contributed by atoms with Crippen molar-refractivity contribution in [3.63, 3.8) is 0 Å². The van der Waals surface area contributed by atoms with Gasteiger partial charge in [0.15, 0.2) is 0 Å². The van der Waals surface area contributed by atoms with Gasteiger partial charge in [0.1, 0.15) is 0 Å². The number of methoxy groups -OCH3 is 2. The molecule has 0 aliphatic carbocycles. The van der Waals surface area contributed by atoms with E-state index in [2.05, 4.69) is 17.3 Å². The Morgan fingerprint density at radius 3 is 2.74 bits per heavy atom. The summed E-state index contributed by atoms with van der Waals surface area (Å²) in [6.45, 7) is 3.39. The molecule has 1 rings (SSSR count). The molecule has 19 heavy (non-hydrogen) atoms. The van der Waals surface area contributed by atoms with Crippen LogP contribution in [-0.4, -0.2) is 43.8 Å². The van der Waals surface area contributed by atoms with Gasteiger partial charge in [-0.1, -0.05) is 11.6 Å². The monoisotopic (exact) mass is 289 g/mol. The van der Waals surface area contributed by atoms with Crippen molar-refractivity contribution >= 4 is 11.6 Å². The molecule has 1 N–H and O–H groups in total. The molecule has 110 valence electrons. The van der Waals surface area contributed by atoms with E-state index in [1.54, 1.807) is 20.4 Å². The van der Waals surface area contributed by atoms with Gasteiger partial charge in [0.25, 0.3) is 0 Å². The molecule has 0 radical (unpaired) electrons. The van der Waals surface area contributed by atoms with Crippen LogP contribution in [0.15, 0.2) is 6.20 Å². The van der Waals surface area contributed by atoms with Crippen molar-refractivity contribution in [3.8, 4) is 0 Å². The molecule has 0 saturated carbocycles. The van der Waals surface area contributed by atoms with Gasteiger partial charge in [-0.05, 0) is 26.8 Å². The third-order valence-corrected chi connectivity index (χ3v) is 3.57. The molecule has 0 amide bonds. The lowest BCUT2D eigenvalue weighted by Gasteiger charge is -2.20. The normalized spacial score (nSPS) is 14.6. The molecule has 6 heteroatoms. The molecule has 0 spiro atoms. The second-order valence-corrected chi connectivity index (χ2v) is 4.97. The van der Waals surface area contributed by atoms with Crippen LogP contribution in [0, 0.1) is 0 Å². The van der Waals surface area contributed by atoms with Crippen molar-refractivity contribution in [2.24, 2.45) is 0 Å². The Kier molecular flexibility index (Phi) is 7.38. The maximum Gasteiger partial charge on any atom is 0.0834 e. The number of nitrogens with one attached hydrogen (secondary N) is 1. The number of ether oxygens (including phenoxy) is 2. The first-order valence-electron chi connectivity index (χ1n) is 6.54. The van der Waals surface area contributed by atoms with Crippen molar-refractivity contribution < 1.29 is 9.47 Å². The van der Waals surface area contributed by atoms with E-state index in [-0.39, 0.29) is 12.1 Å². The second kappa shape index (κ2) is 8.53. The summed E-state index contributed by atoms with van der Waals surface area (Å²) in [6.07, 6.45) is 3.85. The lowest BCUT2D eigenvalue weighted by molar-refractivity contribution is 0.106. The highest BCUT2D eigenvalue weighted by molar-refractivity contribution is 6.31. The van der Waals surface area contributed by atoms with Crippen LogP contribution in [0.25, 0.3) is 0 Å². The fourth-order valence-electron chi connectivity index (χ4n) is 2.01. The first-order valence-corrected chi connectivity index (χ1v) is 6.92. The Bertz CT molecular complexity index is 371. The fraction of sp³-hybridized carbons (Fsp3) is 0.769. The third-order valence-electron chi connectivity index (χ3n) is 3.28. The van der Waals surface area contributed by atoms with Gasteiger partial charge < -0.3 is 14.8 Å². The van der Waals surface area contributed by atoms with Crippen LogP contribution in [-0.2, 0) is 16.0 Å². The molecule has 0 aromatic carbocycles. The van der Waals surface area contributed by atoms with Gasteiger partial charge in [0, 0.05) is 14.2 Å². The predicted molar refractivity (Wildman–Crippen MR) is 76.6 cm³/mol. The van der Waals surface area contributed by atoms with Crippen molar-refractivity contribution in [1.82, 2.24) is 15.1 Å². The predicted octanol–water partition coefficient (Wildman–Crippen LogP) is 2.26. The minimum absolute atomic E-state index is 0.171. The molecule has 0 aliphatic heterocycles. The van der Waals surface area contributed by atoms with Crippen LogP contribution in [0.1, 0.15) is 31.5 Å². The summed E-state index contributed by atoms with van der Waals surface area (Å²) in [5.74, 6) is 0. The zero-order chi connectivity index (χ0) is 14.3. The van der Waals surface area contributed by atoms with E-state index in [1.807, 2.05) is 11.7 Å². The summed E-state index contributed by atoms with van der Waals surface area (Å²) in [5.41, 5.74) is 1.02. The first kappa shape index (κ1) is 16.4. The standard InChI is InChI=1S/C13H24ClN3O2/c1-10(19-4)5-6-12(15-2)13-11(14)9-16-17(13)7-8-18-3/h9-10,12,15H,5-8H2,1-4H3. The van der Waals surface area contributed by atoms with Gasteiger partial charge in [-0.15, -0.1) is 0 Å². The highest BCUT2D eigenvalue weighted by Gasteiger charge is 2.19. The number of aromatic nitrogens is 2. The second-order valence-electron chi connectivity index (χ2n) is 4.56. The lowest BCUT2D eigenvalue weighted by atomic mass is 10.1. The number of hydrogen-bond donors (Lipinski definition) is 1. The number of rotatable bonds is 9. The summed E-state index contributed by atoms with van der Waals surface area (Å²) >= 11 is 6.25. The Morgan fingerprint density at radius 1 is 1.42 bits per heavy atom. The van der Waals surface area contributed by atoms with Crippen LogP contribution in [0.3, 0.4) is 0 Å². The van der Waals surface area contributed by atoms with Crippen LogP contribution < -0.4 is 5.32 Å². The minimum Gasteiger partial charge on any atom is -0.383 e. The molecular formula is C13H24ClN3O2. The van der Waals surface area contributed by atoms with Crippen molar-refractivity contribution in [3.05, 3.63) is 16.9 Å². The van der Waals surface area contributed by atoms with E-state index in [4.69, 9.17) is 21.1 Å². The van der Waals surface area contributed by atoms with Crippen molar-refractivity contribution in [1.29, 1.82) is 0 Å². The Morgan fingerprint density at radius 2 is 2.16 bits per heavy atom. The van der Waals surface area contributed by atoms with Gasteiger partial charge in [0.2, 0.25) is 0 Å². The first-order chi connectivity index (χ1) is 9.13. The number of nitrogens with zero attached hydrogens (tertiary/aromatic N) is 2. The topological polar surface area (TPSA) is 48.3 Å². The Balaban J connectivity index is 2.75. The summed E-state index contributed by atoms with van der Waals surface area (Å²) in [6, 6.07) is 0.171. The van der Waals surface area contributed by atoms with E-state index in [9.17, 15) is 0 Å². The highest BCUT2D eigenvalue weighted by Crippen LogP contribution is 2.26. The lowest BCUT2D eigenvalue weighted by Crippen LogP contribution is -2.23. The SMILES string of the molecule is CNC(CCC(C)OC)c1c(Cl)cnn1CCOC. The maximum atomic E-state index is 6.25. The van der Waals surface area contributed by atoms with E-state index >= 15 is 0 Å². The zero-order valence-corrected chi connectivity index (χ0v) is 12.9. The van der Waals surface area contributed by atoms with Crippen molar-refractivity contribution in [2.45, 2.75) is 38.5 Å². The minimum atomic E-state index is 0.171. The quantitative estimate of drug-likeness (QED) is 0.757. The molecule has 2 unspecified atom stereocenters. The molecule has 1 heterocycles. The average Bonchev–Trinajstić information content (AvgIpc) is 2.78. The van der Waals surface area contributed by atoms with Crippen LogP contribution in [0.5, 0.6) is 0 Å². The molecule has 0 saturated heterocycles. The summed E-state index contributed by atoms with van der Waals surface area (Å²) in [7, 11) is 5.35. The molecule has 1 aromatic heterocycles. The molecular weight excluding hydrogens is 266 g/mol. The number of hydrogen-bond acceptors (Lipinski definition) is 4. The Hall–Kier alpha value is -0.620. The zero-order valence-electron chi connectivity index (χ0n) is 12.1. The summed E-state index contributed by atoms with van der Waals surface area (Å²) in [4.78, 5) is 0. The highest BCUT2D eigenvalue weighted by atomic mass is 35.5. The number of halogens is 1.